The zero-order valence-corrected chi connectivity index (χ0v) is 12.1. The van der Waals surface area contributed by atoms with Gasteiger partial charge in [0.1, 0.15) is 6.10 Å². The molecular weight excluding hydrogens is 220 g/mol. The molecule has 2 unspecified atom stereocenters. The summed E-state index contributed by atoms with van der Waals surface area (Å²) in [5, 5.41) is 0.253. The number of carbonyl (C=O) groups is 1. The number of methoxy groups -OCH3 is 1. The van der Waals surface area contributed by atoms with Crippen LogP contribution in [0.25, 0.3) is 0 Å². The molecule has 0 radical (unpaired) electrons. The van der Waals surface area contributed by atoms with Gasteiger partial charge in [0.05, 0.1) is 26.5 Å². The maximum Gasteiger partial charge on any atom is 0.335 e. The maximum atomic E-state index is 11.3. The van der Waals surface area contributed by atoms with Crippen LogP contribution >= 0.6 is 0 Å². The fraction of sp³-hybridized carbons (Fsp3) is 0.750. The van der Waals surface area contributed by atoms with E-state index in [2.05, 4.69) is 45.2 Å². The Bertz CT molecular complexity index is 315. The fourth-order valence-electron chi connectivity index (χ4n) is 1.60. The minimum atomic E-state index is -1.55. The number of carbonyl (C=O) groups excluding carboxylic acids is 1. The monoisotopic (exact) mass is 242 g/mol. The van der Waals surface area contributed by atoms with Gasteiger partial charge in [0.2, 0.25) is 0 Å². The summed E-state index contributed by atoms with van der Waals surface area (Å²) in [6, 6.07) is 0. The van der Waals surface area contributed by atoms with Crippen LogP contribution in [-0.2, 0) is 14.3 Å². The highest BCUT2D eigenvalue weighted by atomic mass is 28.3. The number of epoxide rings is 1. The lowest BCUT2D eigenvalue weighted by Gasteiger charge is -2.35. The first-order valence-electron chi connectivity index (χ1n) is 5.55. The van der Waals surface area contributed by atoms with Gasteiger partial charge in [-0.3, -0.25) is 0 Å². The average Bonchev–Trinajstić information content (AvgIpc) is 2.93. The predicted molar refractivity (Wildman–Crippen MR) is 67.0 cm³/mol. The molecule has 0 amide bonds. The summed E-state index contributed by atoms with van der Waals surface area (Å²) in [7, 11) is -0.174. The predicted octanol–water partition coefficient (Wildman–Crippen LogP) is 2.53. The van der Waals surface area contributed by atoms with Crippen molar-refractivity contribution in [3.63, 3.8) is 0 Å². The molecule has 0 N–H and O–H groups in total. The van der Waals surface area contributed by atoms with Gasteiger partial charge in [0, 0.05) is 0 Å². The lowest BCUT2D eigenvalue weighted by molar-refractivity contribution is -0.136. The molecule has 0 saturated carbocycles. The molecule has 0 spiro atoms. The van der Waals surface area contributed by atoms with Gasteiger partial charge in [0.15, 0.2) is 0 Å². The van der Waals surface area contributed by atoms with Gasteiger partial charge in [0.25, 0.3) is 0 Å². The first kappa shape index (κ1) is 13.5. The van der Waals surface area contributed by atoms with Crippen molar-refractivity contribution in [2.24, 2.45) is 0 Å². The van der Waals surface area contributed by atoms with Crippen LogP contribution in [0.2, 0.25) is 18.1 Å². The van der Waals surface area contributed by atoms with Crippen LogP contribution in [-0.4, -0.2) is 33.0 Å². The Labute approximate surface area is 98.8 Å². The maximum absolute atomic E-state index is 11.3. The van der Waals surface area contributed by atoms with Gasteiger partial charge in [-0.25, -0.2) is 4.79 Å². The Kier molecular flexibility index (Phi) is 3.36. The molecule has 0 aromatic carbocycles. The number of hydrogen-bond acceptors (Lipinski definition) is 3. The molecule has 1 fully saturated rings. The highest BCUT2D eigenvalue weighted by molar-refractivity contribution is 6.82. The summed E-state index contributed by atoms with van der Waals surface area (Å²) in [4.78, 5) is 11.3. The van der Waals surface area contributed by atoms with E-state index in [-0.39, 0.29) is 22.8 Å². The average molecular weight is 242 g/mol. The summed E-state index contributed by atoms with van der Waals surface area (Å²) in [6.45, 7) is 15.0. The first-order chi connectivity index (χ1) is 7.13. The highest BCUT2D eigenvalue weighted by Crippen LogP contribution is 2.47. The number of ether oxygens (including phenoxy) is 2. The Balaban J connectivity index is 2.71. The largest absolute Gasteiger partial charge is 0.466 e. The molecule has 92 valence electrons. The van der Waals surface area contributed by atoms with E-state index in [4.69, 9.17) is 4.74 Å². The Morgan fingerprint density at radius 3 is 2.25 bits per heavy atom. The molecular formula is C12H22O3Si. The summed E-state index contributed by atoms with van der Waals surface area (Å²) in [5.41, 5.74) is 0.649. The molecule has 1 aliphatic heterocycles. The van der Waals surface area contributed by atoms with Crippen molar-refractivity contribution >= 4 is 14.0 Å². The molecule has 2 atom stereocenters. The van der Waals surface area contributed by atoms with Crippen molar-refractivity contribution < 1.29 is 14.3 Å². The SMILES string of the molecule is C=C(C(=O)OC)C1OC1[Si](C)(C)C(C)(C)C. The van der Waals surface area contributed by atoms with Crippen molar-refractivity contribution in [2.75, 3.05) is 7.11 Å². The second kappa shape index (κ2) is 4.00. The van der Waals surface area contributed by atoms with Crippen molar-refractivity contribution in [3.05, 3.63) is 12.2 Å². The van der Waals surface area contributed by atoms with E-state index < -0.39 is 8.07 Å². The molecule has 4 heteroatoms. The Morgan fingerprint density at radius 2 is 1.88 bits per heavy atom. The van der Waals surface area contributed by atoms with Gasteiger partial charge in [-0.05, 0) is 5.04 Å². The van der Waals surface area contributed by atoms with Crippen molar-refractivity contribution in [3.8, 4) is 0 Å². The van der Waals surface area contributed by atoms with Crippen LogP contribution in [0.4, 0.5) is 0 Å². The second-order valence-corrected chi connectivity index (χ2v) is 11.5. The van der Waals surface area contributed by atoms with E-state index in [0.717, 1.165) is 0 Å². The Morgan fingerprint density at radius 1 is 1.38 bits per heavy atom. The third-order valence-corrected chi connectivity index (χ3v) is 9.65. The van der Waals surface area contributed by atoms with Gasteiger partial charge >= 0.3 is 5.97 Å². The van der Waals surface area contributed by atoms with Crippen LogP contribution in [0, 0.1) is 0 Å². The molecule has 0 aliphatic carbocycles. The quantitative estimate of drug-likeness (QED) is 0.330. The summed E-state index contributed by atoms with van der Waals surface area (Å²) in [6.07, 6.45) is -0.117. The minimum absolute atomic E-state index is 0.117. The molecule has 1 aliphatic rings. The molecule has 0 bridgehead atoms. The molecule has 1 rings (SSSR count). The lowest BCUT2D eigenvalue weighted by Crippen LogP contribution is -2.44. The van der Waals surface area contributed by atoms with Crippen LogP contribution in [0.3, 0.4) is 0 Å². The summed E-state index contributed by atoms with van der Waals surface area (Å²) < 4.78 is 10.3. The molecule has 0 aromatic rings. The van der Waals surface area contributed by atoms with Crippen molar-refractivity contribution in [1.82, 2.24) is 0 Å². The third-order valence-electron chi connectivity index (χ3n) is 3.93. The van der Waals surface area contributed by atoms with E-state index in [1.54, 1.807) is 0 Å². The fourth-order valence-corrected chi connectivity index (χ4v) is 3.90. The van der Waals surface area contributed by atoms with Gasteiger partial charge in [-0.15, -0.1) is 0 Å². The van der Waals surface area contributed by atoms with Gasteiger partial charge in [-0.1, -0.05) is 40.4 Å². The van der Waals surface area contributed by atoms with E-state index >= 15 is 0 Å². The molecule has 0 aromatic heterocycles. The first-order valence-corrected chi connectivity index (χ1v) is 8.63. The van der Waals surface area contributed by atoms with E-state index in [0.29, 0.717) is 5.57 Å². The van der Waals surface area contributed by atoms with E-state index in [9.17, 15) is 4.79 Å². The number of rotatable bonds is 3. The van der Waals surface area contributed by atoms with Crippen molar-refractivity contribution in [1.29, 1.82) is 0 Å². The van der Waals surface area contributed by atoms with Gasteiger partial charge < -0.3 is 9.47 Å². The van der Waals surface area contributed by atoms with Crippen LogP contribution < -0.4 is 0 Å². The molecule has 1 heterocycles. The molecule has 16 heavy (non-hydrogen) atoms. The Hall–Kier alpha value is -0.613. The van der Waals surface area contributed by atoms with Crippen LogP contribution in [0.1, 0.15) is 20.8 Å². The summed E-state index contributed by atoms with van der Waals surface area (Å²) >= 11 is 0. The standard InChI is InChI=1S/C12H22O3Si/c1-8(10(13)14-5)9-11(15-9)16(6,7)12(2,3)4/h9,11H,1H2,2-7H3. The van der Waals surface area contributed by atoms with E-state index in [1.807, 2.05) is 0 Å². The molecule has 1 saturated heterocycles. The minimum Gasteiger partial charge on any atom is -0.466 e. The lowest BCUT2D eigenvalue weighted by atomic mass is 10.2. The zero-order valence-electron chi connectivity index (χ0n) is 11.1. The topological polar surface area (TPSA) is 38.8 Å². The number of hydrogen-bond donors (Lipinski definition) is 0. The normalized spacial score (nSPS) is 25.1. The third kappa shape index (κ3) is 2.22. The van der Waals surface area contributed by atoms with Gasteiger partial charge in [-0.2, -0.15) is 0 Å². The van der Waals surface area contributed by atoms with Crippen LogP contribution in [0.5, 0.6) is 0 Å². The van der Waals surface area contributed by atoms with E-state index in [1.165, 1.54) is 7.11 Å². The zero-order chi connectivity index (χ0) is 12.7. The second-order valence-electron chi connectivity index (χ2n) is 5.97. The smallest absolute Gasteiger partial charge is 0.335 e. The highest BCUT2D eigenvalue weighted by Gasteiger charge is 2.57. The van der Waals surface area contributed by atoms with Crippen molar-refractivity contribution in [2.45, 2.75) is 50.7 Å². The van der Waals surface area contributed by atoms with Crippen LogP contribution in [0.15, 0.2) is 12.2 Å². The molecule has 3 nitrogen and oxygen atoms in total. The number of esters is 1. The summed E-state index contributed by atoms with van der Waals surface area (Å²) in [5.74, 6) is -0.355.